The summed E-state index contributed by atoms with van der Waals surface area (Å²) in [5.41, 5.74) is 1.29. The minimum atomic E-state index is -3.73. The van der Waals surface area contributed by atoms with Crippen LogP contribution in [-0.2, 0) is 14.8 Å². The van der Waals surface area contributed by atoms with Crippen LogP contribution in [0.5, 0.6) is 0 Å². The van der Waals surface area contributed by atoms with Gasteiger partial charge >= 0.3 is 0 Å². The maximum Gasteiger partial charge on any atom is 0.232 e. The van der Waals surface area contributed by atoms with Gasteiger partial charge in [0.25, 0.3) is 0 Å². The molecule has 0 heterocycles. The summed E-state index contributed by atoms with van der Waals surface area (Å²) < 4.78 is 38.7. The highest BCUT2D eigenvalue weighted by Gasteiger charge is 2.21. The van der Waals surface area contributed by atoms with Crippen molar-refractivity contribution >= 4 is 38.9 Å². The maximum absolute atomic E-state index is 13.9. The molecule has 1 N–H and O–H groups in total. The Morgan fingerprint density at radius 2 is 1.92 bits per heavy atom. The number of amides is 1. The SMILES string of the molecule is Cc1cc(Cl)ccc1NC(=O)CCN(c1ccccc1F)S(C)(=O)=O. The van der Waals surface area contributed by atoms with E-state index < -0.39 is 15.8 Å². The summed E-state index contributed by atoms with van der Waals surface area (Å²) in [6.45, 7) is 1.63. The fraction of sp³-hybridized carbons (Fsp3) is 0.235. The summed E-state index contributed by atoms with van der Waals surface area (Å²) in [6, 6.07) is 10.6. The second kappa shape index (κ2) is 7.84. The molecule has 0 saturated heterocycles. The van der Waals surface area contributed by atoms with Gasteiger partial charge in [-0.1, -0.05) is 23.7 Å². The summed E-state index contributed by atoms with van der Waals surface area (Å²) in [4.78, 5) is 12.1. The third-order valence-electron chi connectivity index (χ3n) is 3.53. The average Bonchev–Trinajstić information content (AvgIpc) is 2.51. The number of rotatable bonds is 6. The van der Waals surface area contributed by atoms with Gasteiger partial charge in [-0.3, -0.25) is 9.10 Å². The van der Waals surface area contributed by atoms with E-state index in [1.165, 1.54) is 24.3 Å². The van der Waals surface area contributed by atoms with Crippen LogP contribution in [0.25, 0.3) is 0 Å². The van der Waals surface area contributed by atoms with Gasteiger partial charge in [0.2, 0.25) is 15.9 Å². The van der Waals surface area contributed by atoms with Gasteiger partial charge in [0.05, 0.1) is 11.9 Å². The van der Waals surface area contributed by atoms with Crippen LogP contribution in [0.3, 0.4) is 0 Å². The standard InChI is InChI=1S/C17H18ClFN2O3S/c1-12-11-13(18)7-8-15(12)20-17(22)9-10-21(25(2,23)24)16-6-4-3-5-14(16)19/h3-8,11H,9-10H2,1-2H3,(H,20,22). The average molecular weight is 385 g/mol. The molecule has 0 saturated carbocycles. The molecule has 0 fully saturated rings. The van der Waals surface area contributed by atoms with Crippen LogP contribution in [0.1, 0.15) is 12.0 Å². The van der Waals surface area contributed by atoms with Crippen LogP contribution in [-0.4, -0.2) is 27.1 Å². The Morgan fingerprint density at radius 3 is 2.52 bits per heavy atom. The Bertz CT molecular complexity index is 887. The molecular weight excluding hydrogens is 367 g/mol. The number of nitrogens with zero attached hydrogens (tertiary/aromatic N) is 1. The van der Waals surface area contributed by atoms with Gasteiger partial charge in [-0.25, -0.2) is 12.8 Å². The second-order valence-corrected chi connectivity index (χ2v) is 7.89. The Hall–Kier alpha value is -2.12. The number of nitrogens with one attached hydrogen (secondary N) is 1. The summed E-state index contributed by atoms with van der Waals surface area (Å²) in [5, 5.41) is 3.25. The molecule has 2 rings (SSSR count). The first-order valence-corrected chi connectivity index (χ1v) is 9.69. The molecular formula is C17H18ClFN2O3S. The molecule has 2 aromatic carbocycles. The van der Waals surface area contributed by atoms with Crippen molar-refractivity contribution in [2.45, 2.75) is 13.3 Å². The lowest BCUT2D eigenvalue weighted by molar-refractivity contribution is -0.116. The molecule has 0 aliphatic rings. The lowest BCUT2D eigenvalue weighted by Crippen LogP contribution is -2.33. The van der Waals surface area contributed by atoms with Gasteiger partial charge < -0.3 is 5.32 Å². The van der Waals surface area contributed by atoms with Crippen molar-refractivity contribution in [3.63, 3.8) is 0 Å². The number of para-hydroxylation sites is 1. The summed E-state index contributed by atoms with van der Waals surface area (Å²) >= 11 is 5.87. The van der Waals surface area contributed by atoms with Crippen molar-refractivity contribution in [3.05, 3.63) is 58.9 Å². The lowest BCUT2D eigenvalue weighted by Gasteiger charge is -2.22. The first-order chi connectivity index (χ1) is 11.7. The van der Waals surface area contributed by atoms with Crippen LogP contribution >= 0.6 is 11.6 Å². The van der Waals surface area contributed by atoms with Crippen LogP contribution in [0.15, 0.2) is 42.5 Å². The van der Waals surface area contributed by atoms with E-state index in [0.29, 0.717) is 10.7 Å². The topological polar surface area (TPSA) is 66.5 Å². The summed E-state index contributed by atoms with van der Waals surface area (Å²) in [5.74, 6) is -1.04. The van der Waals surface area contributed by atoms with Crippen LogP contribution in [0.2, 0.25) is 5.02 Å². The van der Waals surface area contributed by atoms with Crippen molar-refractivity contribution in [3.8, 4) is 0 Å². The number of aryl methyl sites for hydroxylation is 1. The highest BCUT2D eigenvalue weighted by atomic mass is 35.5. The molecule has 0 aromatic heterocycles. The van der Waals surface area contributed by atoms with Gasteiger partial charge in [0.1, 0.15) is 5.82 Å². The van der Waals surface area contributed by atoms with E-state index in [2.05, 4.69) is 5.32 Å². The molecule has 5 nitrogen and oxygen atoms in total. The van der Waals surface area contributed by atoms with E-state index in [1.54, 1.807) is 25.1 Å². The maximum atomic E-state index is 13.9. The highest BCUT2D eigenvalue weighted by molar-refractivity contribution is 7.92. The zero-order valence-electron chi connectivity index (χ0n) is 13.8. The van der Waals surface area contributed by atoms with Crippen molar-refractivity contribution in [1.82, 2.24) is 0 Å². The number of hydrogen-bond donors (Lipinski definition) is 1. The quantitative estimate of drug-likeness (QED) is 0.827. The molecule has 1 amide bonds. The van der Waals surface area contributed by atoms with Gasteiger partial charge in [0.15, 0.2) is 0 Å². The molecule has 0 radical (unpaired) electrons. The molecule has 25 heavy (non-hydrogen) atoms. The third-order valence-corrected chi connectivity index (χ3v) is 4.94. The molecule has 0 spiro atoms. The summed E-state index contributed by atoms with van der Waals surface area (Å²) in [6.07, 6.45) is 0.851. The number of anilines is 2. The van der Waals surface area contributed by atoms with E-state index >= 15 is 0 Å². The predicted molar refractivity (Wildman–Crippen MR) is 98.0 cm³/mol. The number of sulfonamides is 1. The molecule has 2 aromatic rings. The van der Waals surface area contributed by atoms with Crippen LogP contribution in [0.4, 0.5) is 15.8 Å². The molecule has 0 bridgehead atoms. The number of benzene rings is 2. The van der Waals surface area contributed by atoms with E-state index in [9.17, 15) is 17.6 Å². The van der Waals surface area contributed by atoms with Crippen molar-refractivity contribution < 1.29 is 17.6 Å². The van der Waals surface area contributed by atoms with Gasteiger partial charge in [-0.15, -0.1) is 0 Å². The third kappa shape index (κ3) is 5.17. The second-order valence-electron chi connectivity index (χ2n) is 5.54. The van der Waals surface area contributed by atoms with E-state index in [-0.39, 0.29) is 24.6 Å². The Kier molecular flexibility index (Phi) is 6.02. The molecule has 8 heteroatoms. The highest BCUT2D eigenvalue weighted by Crippen LogP contribution is 2.22. The number of carbonyl (C=O) groups is 1. The molecule has 0 aliphatic heterocycles. The monoisotopic (exact) mass is 384 g/mol. The Balaban J connectivity index is 2.11. The van der Waals surface area contributed by atoms with Crippen molar-refractivity contribution in [2.24, 2.45) is 0 Å². The van der Waals surface area contributed by atoms with Gasteiger partial charge in [-0.05, 0) is 42.8 Å². The Morgan fingerprint density at radius 1 is 1.24 bits per heavy atom. The zero-order valence-corrected chi connectivity index (χ0v) is 15.4. The molecule has 134 valence electrons. The predicted octanol–water partition coefficient (Wildman–Crippen LogP) is 3.58. The number of hydrogen-bond acceptors (Lipinski definition) is 3. The molecule has 0 atom stereocenters. The van der Waals surface area contributed by atoms with Crippen LogP contribution in [0, 0.1) is 12.7 Å². The summed E-state index contributed by atoms with van der Waals surface area (Å²) in [7, 11) is -3.73. The Labute approximate surface area is 151 Å². The zero-order chi connectivity index (χ0) is 18.6. The first-order valence-electron chi connectivity index (χ1n) is 7.47. The minimum absolute atomic E-state index is 0.0829. The first kappa shape index (κ1) is 19.2. The van der Waals surface area contributed by atoms with Crippen molar-refractivity contribution in [1.29, 1.82) is 0 Å². The fourth-order valence-corrected chi connectivity index (χ4v) is 3.46. The van der Waals surface area contributed by atoms with Crippen molar-refractivity contribution in [2.75, 3.05) is 22.4 Å². The molecule has 0 unspecified atom stereocenters. The normalized spacial score (nSPS) is 11.2. The van der Waals surface area contributed by atoms with Gasteiger partial charge in [0, 0.05) is 23.7 Å². The minimum Gasteiger partial charge on any atom is -0.326 e. The number of carbonyl (C=O) groups excluding carboxylic acids is 1. The smallest absolute Gasteiger partial charge is 0.232 e. The van der Waals surface area contributed by atoms with E-state index in [1.807, 2.05) is 0 Å². The largest absolute Gasteiger partial charge is 0.326 e. The lowest BCUT2D eigenvalue weighted by atomic mass is 10.2. The number of halogens is 2. The van der Waals surface area contributed by atoms with Crippen LogP contribution < -0.4 is 9.62 Å². The van der Waals surface area contributed by atoms with Gasteiger partial charge in [-0.2, -0.15) is 0 Å². The van der Waals surface area contributed by atoms with E-state index in [0.717, 1.165) is 16.1 Å². The fourth-order valence-electron chi connectivity index (χ4n) is 2.30. The molecule has 0 aliphatic carbocycles. The van der Waals surface area contributed by atoms with E-state index in [4.69, 9.17) is 11.6 Å².